The lowest BCUT2D eigenvalue weighted by molar-refractivity contribution is -0.123. The number of carbonyl (C=O) groups is 1. The summed E-state index contributed by atoms with van der Waals surface area (Å²) in [4.78, 5) is 18.8. The minimum absolute atomic E-state index is 0.178. The number of rotatable bonds is 4. The predicted molar refractivity (Wildman–Crippen MR) is 90.5 cm³/mol. The van der Waals surface area contributed by atoms with Crippen LogP contribution in [0.15, 0.2) is 18.3 Å². The Bertz CT molecular complexity index is 582. The van der Waals surface area contributed by atoms with E-state index in [1.807, 2.05) is 6.07 Å². The molecule has 3 rings (SSSR count). The fourth-order valence-electron chi connectivity index (χ4n) is 3.40. The minimum atomic E-state index is 0.178. The van der Waals surface area contributed by atoms with Gasteiger partial charge < -0.3 is 15.0 Å². The molecule has 24 heavy (non-hydrogen) atoms. The van der Waals surface area contributed by atoms with Crippen LogP contribution in [0.2, 0.25) is 0 Å². The Hall–Kier alpha value is -2.13. The summed E-state index contributed by atoms with van der Waals surface area (Å²) in [6, 6.07) is 6.07. The van der Waals surface area contributed by atoms with Gasteiger partial charge in [-0.15, -0.1) is 0 Å². The highest BCUT2D eigenvalue weighted by Crippen LogP contribution is 2.24. The smallest absolute Gasteiger partial charge is 0.220 e. The number of aromatic nitrogens is 1. The van der Waals surface area contributed by atoms with Gasteiger partial charge in [0, 0.05) is 45.0 Å². The highest BCUT2D eigenvalue weighted by Gasteiger charge is 2.23. The van der Waals surface area contributed by atoms with Gasteiger partial charge in [0.05, 0.1) is 5.56 Å². The minimum Gasteiger partial charge on any atom is -0.381 e. The van der Waals surface area contributed by atoms with Gasteiger partial charge in [-0.2, -0.15) is 5.26 Å². The highest BCUT2D eigenvalue weighted by atomic mass is 16.5. The van der Waals surface area contributed by atoms with Crippen molar-refractivity contribution < 1.29 is 9.53 Å². The third-order valence-corrected chi connectivity index (χ3v) is 4.88. The molecular weight excluding hydrogens is 304 g/mol. The van der Waals surface area contributed by atoms with Crippen LogP contribution in [0.1, 0.15) is 37.7 Å². The maximum atomic E-state index is 12.2. The maximum Gasteiger partial charge on any atom is 0.220 e. The van der Waals surface area contributed by atoms with Crippen LogP contribution in [0.5, 0.6) is 0 Å². The lowest BCUT2D eigenvalue weighted by Gasteiger charge is -2.33. The van der Waals surface area contributed by atoms with Crippen LogP contribution in [0.3, 0.4) is 0 Å². The summed E-state index contributed by atoms with van der Waals surface area (Å²) >= 11 is 0. The fourth-order valence-corrected chi connectivity index (χ4v) is 3.40. The molecule has 1 N–H and O–H groups in total. The molecule has 0 atom stereocenters. The van der Waals surface area contributed by atoms with Crippen molar-refractivity contribution in [3.8, 4) is 6.07 Å². The van der Waals surface area contributed by atoms with E-state index in [1.165, 1.54) is 0 Å². The van der Waals surface area contributed by atoms with E-state index in [1.54, 1.807) is 12.3 Å². The van der Waals surface area contributed by atoms with E-state index >= 15 is 0 Å². The summed E-state index contributed by atoms with van der Waals surface area (Å²) < 4.78 is 5.32. The zero-order valence-electron chi connectivity index (χ0n) is 13.9. The summed E-state index contributed by atoms with van der Waals surface area (Å²) in [5, 5.41) is 12.0. The lowest BCUT2D eigenvalue weighted by Crippen LogP contribution is -2.41. The van der Waals surface area contributed by atoms with Gasteiger partial charge in [-0.3, -0.25) is 4.79 Å². The van der Waals surface area contributed by atoms with Crippen molar-refractivity contribution in [1.82, 2.24) is 10.3 Å². The van der Waals surface area contributed by atoms with Gasteiger partial charge in [-0.05, 0) is 43.7 Å². The molecule has 2 saturated heterocycles. The molecule has 0 aromatic carbocycles. The maximum absolute atomic E-state index is 12.2. The second-order valence-electron chi connectivity index (χ2n) is 6.61. The van der Waals surface area contributed by atoms with Crippen molar-refractivity contribution in [2.24, 2.45) is 5.92 Å². The molecule has 0 aliphatic carbocycles. The van der Waals surface area contributed by atoms with Gasteiger partial charge in [0.2, 0.25) is 5.91 Å². The molecule has 0 bridgehead atoms. The number of hydrogen-bond donors (Lipinski definition) is 1. The third-order valence-electron chi connectivity index (χ3n) is 4.88. The van der Waals surface area contributed by atoms with Crippen LogP contribution >= 0.6 is 0 Å². The Labute approximate surface area is 142 Å². The third kappa shape index (κ3) is 4.45. The number of piperidine rings is 1. The molecule has 1 aromatic rings. The van der Waals surface area contributed by atoms with Gasteiger partial charge >= 0.3 is 0 Å². The summed E-state index contributed by atoms with van der Waals surface area (Å²) in [6.07, 6.45) is 6.09. The van der Waals surface area contributed by atoms with E-state index in [-0.39, 0.29) is 11.9 Å². The average Bonchev–Trinajstić information content (AvgIpc) is 2.63. The van der Waals surface area contributed by atoms with Crippen molar-refractivity contribution in [1.29, 1.82) is 5.26 Å². The Morgan fingerprint density at radius 3 is 2.67 bits per heavy atom. The molecule has 0 spiro atoms. The average molecular weight is 328 g/mol. The first-order valence-corrected chi connectivity index (χ1v) is 8.73. The molecule has 0 saturated carbocycles. The summed E-state index contributed by atoms with van der Waals surface area (Å²) in [5.41, 5.74) is 0.582. The zero-order chi connectivity index (χ0) is 16.8. The number of amides is 1. The molecular formula is C18H24N4O2. The van der Waals surface area contributed by atoms with Gasteiger partial charge in [-0.25, -0.2) is 4.98 Å². The second kappa shape index (κ2) is 8.11. The van der Waals surface area contributed by atoms with Crippen LogP contribution < -0.4 is 10.2 Å². The van der Waals surface area contributed by atoms with E-state index < -0.39 is 0 Å². The highest BCUT2D eigenvalue weighted by molar-refractivity contribution is 5.76. The monoisotopic (exact) mass is 328 g/mol. The summed E-state index contributed by atoms with van der Waals surface area (Å²) in [7, 11) is 0. The van der Waals surface area contributed by atoms with Crippen molar-refractivity contribution in [2.45, 2.75) is 38.1 Å². The molecule has 2 aliphatic heterocycles. The quantitative estimate of drug-likeness (QED) is 0.912. The fraction of sp³-hybridized carbons (Fsp3) is 0.611. The molecule has 128 valence electrons. The SMILES string of the molecule is N#Cc1ccc(N2CCC(CC(=O)NC3CCOCC3)CC2)nc1. The van der Waals surface area contributed by atoms with E-state index in [0.717, 1.165) is 57.8 Å². The standard InChI is InChI=1S/C18H24N4O2/c19-12-15-1-2-17(20-13-15)22-7-3-14(4-8-22)11-18(23)21-16-5-9-24-10-6-16/h1-2,13-14,16H,3-11H2,(H,21,23). The van der Waals surface area contributed by atoms with Crippen LogP contribution in [0.25, 0.3) is 0 Å². The van der Waals surface area contributed by atoms with Gasteiger partial charge in [-0.1, -0.05) is 0 Å². The largest absolute Gasteiger partial charge is 0.381 e. The Kier molecular flexibility index (Phi) is 5.65. The molecule has 6 nitrogen and oxygen atoms in total. The first kappa shape index (κ1) is 16.7. The Morgan fingerprint density at radius 1 is 1.29 bits per heavy atom. The van der Waals surface area contributed by atoms with Crippen molar-refractivity contribution in [3.05, 3.63) is 23.9 Å². The number of ether oxygens (including phenoxy) is 1. The number of carbonyl (C=O) groups excluding carboxylic acids is 1. The molecule has 0 radical (unpaired) electrons. The normalized spacial score (nSPS) is 19.7. The second-order valence-corrected chi connectivity index (χ2v) is 6.61. The summed E-state index contributed by atoms with van der Waals surface area (Å²) in [6.45, 7) is 3.32. The molecule has 6 heteroatoms. The molecule has 3 heterocycles. The number of nitrogens with one attached hydrogen (secondary N) is 1. The Morgan fingerprint density at radius 2 is 2.04 bits per heavy atom. The topological polar surface area (TPSA) is 78.2 Å². The number of nitrogens with zero attached hydrogens (tertiary/aromatic N) is 3. The van der Waals surface area contributed by atoms with E-state index in [2.05, 4.69) is 21.3 Å². The van der Waals surface area contributed by atoms with Crippen LogP contribution in [0, 0.1) is 17.2 Å². The van der Waals surface area contributed by atoms with Crippen LogP contribution in [-0.2, 0) is 9.53 Å². The summed E-state index contributed by atoms with van der Waals surface area (Å²) in [5.74, 6) is 1.54. The van der Waals surface area contributed by atoms with Crippen molar-refractivity contribution in [3.63, 3.8) is 0 Å². The molecule has 0 unspecified atom stereocenters. The molecule has 1 amide bonds. The van der Waals surface area contributed by atoms with E-state index in [9.17, 15) is 4.79 Å². The van der Waals surface area contributed by atoms with Crippen molar-refractivity contribution >= 4 is 11.7 Å². The van der Waals surface area contributed by atoms with Gasteiger partial charge in [0.25, 0.3) is 0 Å². The predicted octanol–water partition coefficient (Wildman–Crippen LogP) is 1.85. The van der Waals surface area contributed by atoms with Crippen LogP contribution in [0.4, 0.5) is 5.82 Å². The Balaban J connectivity index is 1.42. The van der Waals surface area contributed by atoms with Gasteiger partial charge in [0.15, 0.2) is 0 Å². The van der Waals surface area contributed by atoms with Crippen LogP contribution in [-0.4, -0.2) is 43.2 Å². The number of hydrogen-bond acceptors (Lipinski definition) is 5. The lowest BCUT2D eigenvalue weighted by atomic mass is 9.93. The molecule has 1 aromatic heterocycles. The first-order valence-electron chi connectivity index (χ1n) is 8.73. The molecule has 2 fully saturated rings. The van der Waals surface area contributed by atoms with E-state index in [0.29, 0.717) is 17.9 Å². The number of pyridine rings is 1. The number of anilines is 1. The van der Waals surface area contributed by atoms with Crippen molar-refractivity contribution in [2.75, 3.05) is 31.2 Å². The zero-order valence-corrected chi connectivity index (χ0v) is 13.9. The molecule has 2 aliphatic rings. The van der Waals surface area contributed by atoms with Gasteiger partial charge in [0.1, 0.15) is 11.9 Å². The first-order chi connectivity index (χ1) is 11.7. The van der Waals surface area contributed by atoms with E-state index in [4.69, 9.17) is 10.00 Å². The number of nitriles is 1.